The van der Waals surface area contributed by atoms with E-state index >= 15 is 0 Å². The Kier molecular flexibility index (Phi) is 9.30. The molecule has 0 saturated heterocycles. The van der Waals surface area contributed by atoms with Crippen molar-refractivity contribution in [3.05, 3.63) is 70.8 Å². The smallest absolute Gasteiger partial charge is 0.408 e. The highest BCUT2D eigenvalue weighted by atomic mass is 16.6. The highest BCUT2D eigenvalue weighted by Gasteiger charge is 2.40. The van der Waals surface area contributed by atoms with Crippen LogP contribution in [0.15, 0.2) is 48.5 Å². The molecule has 2 aromatic rings. The Morgan fingerprint density at radius 3 is 2.06 bits per heavy atom. The maximum atomic E-state index is 13.8. The molecule has 0 spiro atoms. The lowest BCUT2D eigenvalue weighted by Gasteiger charge is -2.42. The molecule has 7 heteroatoms. The van der Waals surface area contributed by atoms with Crippen LogP contribution in [0.5, 0.6) is 0 Å². The van der Waals surface area contributed by atoms with Gasteiger partial charge in [0.15, 0.2) is 0 Å². The van der Waals surface area contributed by atoms with Gasteiger partial charge < -0.3 is 20.3 Å². The predicted molar refractivity (Wildman–Crippen MR) is 142 cm³/mol. The van der Waals surface area contributed by atoms with Gasteiger partial charge in [0.2, 0.25) is 11.8 Å². The van der Waals surface area contributed by atoms with Gasteiger partial charge >= 0.3 is 6.09 Å². The molecule has 7 nitrogen and oxygen atoms in total. The third-order valence-electron chi connectivity index (χ3n) is 5.73. The molecule has 0 bridgehead atoms. The first-order valence-electron chi connectivity index (χ1n) is 12.3. The number of nitrogens with one attached hydrogen (secondary N) is 2. The van der Waals surface area contributed by atoms with Gasteiger partial charge in [0.25, 0.3) is 0 Å². The van der Waals surface area contributed by atoms with Crippen LogP contribution in [-0.2, 0) is 20.9 Å². The topological polar surface area (TPSA) is 87.7 Å². The molecule has 2 unspecified atom stereocenters. The molecule has 0 aliphatic rings. The zero-order valence-corrected chi connectivity index (χ0v) is 23.1. The molecular formula is C29H41N3O4. The van der Waals surface area contributed by atoms with Gasteiger partial charge in [-0.25, -0.2) is 4.79 Å². The maximum absolute atomic E-state index is 13.8. The molecular weight excluding hydrogens is 454 g/mol. The molecule has 0 aliphatic heterocycles. The van der Waals surface area contributed by atoms with Crippen LogP contribution in [0.2, 0.25) is 0 Å². The van der Waals surface area contributed by atoms with E-state index in [1.165, 1.54) is 0 Å². The highest BCUT2D eigenvalue weighted by molar-refractivity contribution is 5.92. The van der Waals surface area contributed by atoms with E-state index in [0.717, 1.165) is 16.7 Å². The van der Waals surface area contributed by atoms with Crippen molar-refractivity contribution in [2.75, 3.05) is 0 Å². The van der Waals surface area contributed by atoms with E-state index in [-0.39, 0.29) is 11.8 Å². The summed E-state index contributed by atoms with van der Waals surface area (Å²) in [6, 6.07) is 13.6. The number of benzene rings is 2. The minimum atomic E-state index is -0.907. The second-order valence-corrected chi connectivity index (χ2v) is 11.2. The molecule has 0 aliphatic carbocycles. The van der Waals surface area contributed by atoms with Gasteiger partial charge in [-0.1, -0.05) is 48.5 Å². The number of hydrogen-bond acceptors (Lipinski definition) is 4. The van der Waals surface area contributed by atoms with Gasteiger partial charge in [0.05, 0.1) is 0 Å². The molecule has 2 N–H and O–H groups in total. The summed E-state index contributed by atoms with van der Waals surface area (Å²) in [5, 5.41) is 5.63. The third-order valence-corrected chi connectivity index (χ3v) is 5.73. The van der Waals surface area contributed by atoms with Crippen LogP contribution in [0.3, 0.4) is 0 Å². The summed E-state index contributed by atoms with van der Waals surface area (Å²) >= 11 is 0. The van der Waals surface area contributed by atoms with Gasteiger partial charge in [0, 0.05) is 12.1 Å². The lowest BCUT2D eigenvalue weighted by atomic mass is 9.93. The molecule has 0 saturated carbocycles. The Labute approximate surface area is 215 Å². The van der Waals surface area contributed by atoms with E-state index in [4.69, 9.17) is 4.74 Å². The van der Waals surface area contributed by atoms with E-state index in [1.807, 2.05) is 83.1 Å². The van der Waals surface area contributed by atoms with Crippen LogP contribution in [0.25, 0.3) is 0 Å². The van der Waals surface area contributed by atoms with E-state index in [2.05, 4.69) is 10.6 Å². The minimum absolute atomic E-state index is 0.296. The van der Waals surface area contributed by atoms with Crippen molar-refractivity contribution in [1.29, 1.82) is 0 Å². The number of rotatable bonds is 7. The number of ether oxygens (including phenoxy) is 1. The van der Waals surface area contributed by atoms with E-state index < -0.39 is 29.3 Å². The second kappa shape index (κ2) is 11.6. The first kappa shape index (κ1) is 28.9. The van der Waals surface area contributed by atoms with E-state index in [0.29, 0.717) is 12.1 Å². The Morgan fingerprint density at radius 2 is 1.53 bits per heavy atom. The zero-order valence-electron chi connectivity index (χ0n) is 23.1. The van der Waals surface area contributed by atoms with E-state index in [1.54, 1.807) is 32.6 Å². The van der Waals surface area contributed by atoms with Gasteiger partial charge in [-0.2, -0.15) is 0 Å². The monoisotopic (exact) mass is 495 g/mol. The number of hydrogen-bond donors (Lipinski definition) is 2. The number of alkyl carbamates (subject to hydrolysis) is 1. The van der Waals surface area contributed by atoms with Crippen LogP contribution in [-0.4, -0.2) is 40.0 Å². The first-order valence-corrected chi connectivity index (χ1v) is 12.3. The van der Waals surface area contributed by atoms with Gasteiger partial charge in [-0.15, -0.1) is 0 Å². The Morgan fingerprint density at radius 1 is 0.917 bits per heavy atom. The molecule has 0 aromatic heterocycles. The van der Waals surface area contributed by atoms with Crippen molar-refractivity contribution in [3.8, 4) is 0 Å². The average Bonchev–Trinajstić information content (AvgIpc) is 2.75. The minimum Gasteiger partial charge on any atom is -0.444 e. The molecule has 2 atom stereocenters. The number of carbonyl (C=O) groups excluding carboxylic acids is 3. The lowest BCUT2D eigenvalue weighted by molar-refractivity contribution is -0.148. The fourth-order valence-electron chi connectivity index (χ4n) is 3.83. The molecule has 0 heterocycles. The van der Waals surface area contributed by atoms with Crippen LogP contribution >= 0.6 is 0 Å². The van der Waals surface area contributed by atoms with Crippen molar-refractivity contribution < 1.29 is 19.1 Å². The van der Waals surface area contributed by atoms with Crippen molar-refractivity contribution in [2.45, 2.75) is 92.1 Å². The van der Waals surface area contributed by atoms with Crippen molar-refractivity contribution in [3.63, 3.8) is 0 Å². The summed E-state index contributed by atoms with van der Waals surface area (Å²) in [4.78, 5) is 41.5. The maximum Gasteiger partial charge on any atom is 0.408 e. The molecule has 196 valence electrons. The van der Waals surface area contributed by atoms with E-state index in [9.17, 15) is 14.4 Å². The first-order chi connectivity index (χ1) is 16.6. The number of nitrogens with zero attached hydrogens (tertiary/aromatic N) is 1. The SMILES string of the molecule is Cc1ccc(C(C(=O)NCc2ccccc2)N(C(=O)C(C)NC(=O)OC(C)(C)C)C(C)(C)C)cc1C. The summed E-state index contributed by atoms with van der Waals surface area (Å²) in [7, 11) is 0. The third kappa shape index (κ3) is 8.11. The molecule has 2 rings (SSSR count). The number of carbonyl (C=O) groups is 3. The normalized spacial score (nSPS) is 13.4. The Balaban J connectivity index is 2.44. The molecule has 2 aromatic carbocycles. The van der Waals surface area contributed by atoms with Crippen molar-refractivity contribution >= 4 is 17.9 Å². The summed E-state index contributed by atoms with van der Waals surface area (Å²) < 4.78 is 5.33. The Hall–Kier alpha value is -3.35. The Bertz CT molecular complexity index is 1070. The van der Waals surface area contributed by atoms with Crippen molar-refractivity contribution in [1.82, 2.24) is 15.5 Å². The van der Waals surface area contributed by atoms with Crippen molar-refractivity contribution in [2.24, 2.45) is 0 Å². The second-order valence-electron chi connectivity index (χ2n) is 11.2. The fraction of sp³-hybridized carbons (Fsp3) is 0.483. The quantitative estimate of drug-likeness (QED) is 0.553. The molecule has 0 radical (unpaired) electrons. The van der Waals surface area contributed by atoms with Gasteiger partial charge in [0.1, 0.15) is 17.7 Å². The number of aryl methyl sites for hydroxylation is 2. The highest BCUT2D eigenvalue weighted by Crippen LogP contribution is 2.31. The lowest BCUT2D eigenvalue weighted by Crippen LogP contribution is -2.57. The molecule has 0 fully saturated rings. The summed E-state index contributed by atoms with van der Waals surface area (Å²) in [6.45, 7) is 16.8. The van der Waals surface area contributed by atoms with Crippen LogP contribution < -0.4 is 10.6 Å². The van der Waals surface area contributed by atoms with Crippen LogP contribution in [0, 0.1) is 13.8 Å². The average molecular weight is 496 g/mol. The van der Waals surface area contributed by atoms with Crippen LogP contribution in [0.1, 0.15) is 76.8 Å². The molecule has 3 amide bonds. The predicted octanol–water partition coefficient (Wildman–Crippen LogP) is 5.20. The molecule has 36 heavy (non-hydrogen) atoms. The van der Waals surface area contributed by atoms with Gasteiger partial charge in [-0.3, -0.25) is 9.59 Å². The largest absolute Gasteiger partial charge is 0.444 e. The van der Waals surface area contributed by atoms with Gasteiger partial charge in [-0.05, 0) is 84.6 Å². The summed E-state index contributed by atoms with van der Waals surface area (Å²) in [5.74, 6) is -0.679. The summed E-state index contributed by atoms with van der Waals surface area (Å²) in [6.07, 6.45) is -0.687. The summed E-state index contributed by atoms with van der Waals surface area (Å²) in [5.41, 5.74) is 2.35. The number of amides is 3. The zero-order chi connectivity index (χ0) is 27.3. The van der Waals surface area contributed by atoms with Crippen LogP contribution in [0.4, 0.5) is 4.79 Å². The fourth-order valence-corrected chi connectivity index (χ4v) is 3.83. The standard InChI is InChI=1S/C29H41N3O4/c1-19-15-16-23(17-20(19)2)24(25(33)30-18-22-13-11-10-12-14-22)32(28(4,5)6)26(34)21(3)31-27(35)36-29(7,8)9/h10-17,21,24H,18H2,1-9H3,(H,30,33)(H,31,35).